The molecule has 3 aromatic rings. The molecule has 5 nitrogen and oxygen atoms in total. The molecule has 0 aliphatic carbocycles. The molecule has 37 heavy (non-hydrogen) atoms. The van der Waals surface area contributed by atoms with Gasteiger partial charge in [-0.05, 0) is 70.7 Å². The van der Waals surface area contributed by atoms with Crippen LogP contribution in [0.2, 0.25) is 0 Å². The summed E-state index contributed by atoms with van der Waals surface area (Å²) in [5.74, 6) is -0.737. The van der Waals surface area contributed by atoms with E-state index in [1.807, 2.05) is 11.8 Å². The van der Waals surface area contributed by atoms with Gasteiger partial charge in [-0.3, -0.25) is 4.79 Å². The van der Waals surface area contributed by atoms with Crippen LogP contribution in [-0.4, -0.2) is 43.2 Å². The number of fused-ring (bicyclic) bond motifs is 1. The van der Waals surface area contributed by atoms with Crippen molar-refractivity contribution >= 4 is 27.3 Å². The van der Waals surface area contributed by atoms with E-state index in [9.17, 15) is 17.6 Å². The number of amides is 1. The number of rotatable bonds is 8. The van der Waals surface area contributed by atoms with Crippen molar-refractivity contribution in [3.8, 4) is 0 Å². The van der Waals surface area contributed by atoms with Crippen LogP contribution in [-0.2, 0) is 26.7 Å². The van der Waals surface area contributed by atoms with Gasteiger partial charge >= 0.3 is 0 Å². The molecule has 0 saturated heterocycles. The summed E-state index contributed by atoms with van der Waals surface area (Å²) in [4.78, 5) is 16.9. The van der Waals surface area contributed by atoms with Crippen LogP contribution in [0.1, 0.15) is 68.1 Å². The predicted octanol–water partition coefficient (Wildman–Crippen LogP) is 6.15. The van der Waals surface area contributed by atoms with Gasteiger partial charge in [-0.1, -0.05) is 58.4 Å². The van der Waals surface area contributed by atoms with Gasteiger partial charge in [0, 0.05) is 18.0 Å². The summed E-state index contributed by atoms with van der Waals surface area (Å²) in [6.45, 7) is 8.98. The zero-order valence-corrected chi connectivity index (χ0v) is 23.5. The van der Waals surface area contributed by atoms with Crippen LogP contribution < -0.4 is 0 Å². The summed E-state index contributed by atoms with van der Waals surface area (Å²) in [5.41, 5.74) is 3.35. The van der Waals surface area contributed by atoms with E-state index in [4.69, 9.17) is 0 Å². The summed E-state index contributed by atoms with van der Waals surface area (Å²) in [6.07, 6.45) is 2.16. The maximum atomic E-state index is 13.8. The number of carbonyl (C=O) groups excluding carboxylic acids is 1. The molecule has 1 aromatic heterocycles. The summed E-state index contributed by atoms with van der Waals surface area (Å²) >= 11 is 1.70. The van der Waals surface area contributed by atoms with Gasteiger partial charge < -0.3 is 4.90 Å². The largest absolute Gasteiger partial charge is 0.330 e. The zero-order chi connectivity index (χ0) is 26.8. The molecule has 2 heterocycles. The van der Waals surface area contributed by atoms with E-state index in [1.165, 1.54) is 26.9 Å². The molecule has 0 bridgehead atoms. The minimum Gasteiger partial charge on any atom is -0.330 e. The average molecular weight is 543 g/mol. The minimum atomic E-state index is -3.96. The molecular weight excluding hydrogens is 507 g/mol. The van der Waals surface area contributed by atoms with Crippen molar-refractivity contribution in [3.63, 3.8) is 0 Å². The molecule has 0 saturated carbocycles. The van der Waals surface area contributed by atoms with Gasteiger partial charge in [0.05, 0.1) is 17.5 Å². The van der Waals surface area contributed by atoms with Crippen LogP contribution in [0.15, 0.2) is 64.9 Å². The van der Waals surface area contributed by atoms with Crippen LogP contribution in [0.4, 0.5) is 4.39 Å². The lowest BCUT2D eigenvalue weighted by atomic mass is 9.85. The van der Waals surface area contributed by atoms with Crippen molar-refractivity contribution in [2.75, 3.05) is 19.6 Å². The van der Waals surface area contributed by atoms with E-state index in [0.717, 1.165) is 36.1 Å². The minimum absolute atomic E-state index is 0.00844. The van der Waals surface area contributed by atoms with E-state index in [2.05, 4.69) is 56.5 Å². The number of hydrogen-bond donors (Lipinski definition) is 0. The van der Waals surface area contributed by atoms with E-state index in [0.29, 0.717) is 13.0 Å². The van der Waals surface area contributed by atoms with Crippen molar-refractivity contribution in [3.05, 3.63) is 87.4 Å². The van der Waals surface area contributed by atoms with Gasteiger partial charge in [0.25, 0.3) is 0 Å². The molecule has 2 aromatic carbocycles. The number of thiophene rings is 1. The summed E-state index contributed by atoms with van der Waals surface area (Å²) in [5, 5.41) is 2.06. The number of benzene rings is 2. The van der Waals surface area contributed by atoms with Crippen LogP contribution in [0.5, 0.6) is 0 Å². The normalized spacial score (nSPS) is 16.2. The first-order valence-electron chi connectivity index (χ1n) is 12.7. The molecule has 1 atom stereocenters. The lowest BCUT2D eigenvalue weighted by Gasteiger charge is -2.37. The molecule has 0 radical (unpaired) electrons. The Hall–Kier alpha value is -2.55. The van der Waals surface area contributed by atoms with E-state index >= 15 is 0 Å². The summed E-state index contributed by atoms with van der Waals surface area (Å²) in [7, 11) is -3.96. The van der Waals surface area contributed by atoms with Gasteiger partial charge in [-0.2, -0.15) is 4.31 Å². The smallest absolute Gasteiger partial charge is 0.243 e. The molecule has 8 heteroatoms. The maximum absolute atomic E-state index is 13.8. The standard InChI is InChI=1S/C29H35FN2O3S2/c1-5-6-17-31(37(34,35)24-13-11-23(30)12-14-24)20-27(33)32-18-15-26-25(16-19-36-26)28(32)21-7-9-22(10-8-21)29(2,3)4/h7-14,16,19,28H,5-6,15,17-18,20H2,1-4H3. The average Bonchev–Trinajstić information content (AvgIpc) is 3.34. The molecule has 198 valence electrons. The molecule has 0 spiro atoms. The second-order valence-electron chi connectivity index (χ2n) is 10.6. The second-order valence-corrected chi connectivity index (χ2v) is 13.5. The highest BCUT2D eigenvalue weighted by Crippen LogP contribution is 2.38. The van der Waals surface area contributed by atoms with Gasteiger partial charge in [0.1, 0.15) is 5.82 Å². The molecular formula is C29H35FN2O3S2. The monoisotopic (exact) mass is 542 g/mol. The third kappa shape index (κ3) is 5.97. The highest BCUT2D eigenvalue weighted by atomic mass is 32.2. The van der Waals surface area contributed by atoms with Crippen LogP contribution >= 0.6 is 11.3 Å². The molecule has 1 aliphatic heterocycles. The topological polar surface area (TPSA) is 57.7 Å². The van der Waals surface area contributed by atoms with Crippen molar-refractivity contribution in [2.24, 2.45) is 0 Å². The highest BCUT2D eigenvalue weighted by molar-refractivity contribution is 7.89. The van der Waals surface area contributed by atoms with Crippen molar-refractivity contribution < 1.29 is 17.6 Å². The Labute approximate surface area is 224 Å². The predicted molar refractivity (Wildman–Crippen MR) is 147 cm³/mol. The molecule has 1 amide bonds. The van der Waals surface area contributed by atoms with Gasteiger partial charge in [0.15, 0.2) is 0 Å². The van der Waals surface area contributed by atoms with Crippen LogP contribution in [0.3, 0.4) is 0 Å². The Balaban J connectivity index is 1.65. The van der Waals surface area contributed by atoms with Gasteiger partial charge in [0.2, 0.25) is 15.9 Å². The number of carbonyl (C=O) groups is 1. The molecule has 0 fully saturated rings. The lowest BCUT2D eigenvalue weighted by molar-refractivity contribution is -0.133. The van der Waals surface area contributed by atoms with E-state index in [-0.39, 0.29) is 35.3 Å². The van der Waals surface area contributed by atoms with Crippen LogP contribution in [0, 0.1) is 5.82 Å². The van der Waals surface area contributed by atoms with Crippen molar-refractivity contribution in [2.45, 2.75) is 63.3 Å². The van der Waals surface area contributed by atoms with Gasteiger partial charge in [-0.15, -0.1) is 11.3 Å². The Morgan fingerprint density at radius 1 is 1.08 bits per heavy atom. The Kier molecular flexibility index (Phi) is 8.21. The SMILES string of the molecule is CCCCN(CC(=O)N1CCc2sccc2C1c1ccc(C(C)(C)C)cc1)S(=O)(=O)c1ccc(F)cc1. The highest BCUT2D eigenvalue weighted by Gasteiger charge is 2.35. The number of hydrogen-bond acceptors (Lipinski definition) is 4. The molecule has 0 N–H and O–H groups in total. The fraction of sp³-hybridized carbons (Fsp3) is 0.414. The molecule has 1 unspecified atom stereocenters. The van der Waals surface area contributed by atoms with Crippen molar-refractivity contribution in [1.82, 2.24) is 9.21 Å². The first kappa shape index (κ1) is 27.5. The Bertz CT molecular complexity index is 1330. The maximum Gasteiger partial charge on any atom is 0.243 e. The number of sulfonamides is 1. The summed E-state index contributed by atoms with van der Waals surface area (Å²) < 4.78 is 41.6. The third-order valence-electron chi connectivity index (χ3n) is 6.90. The van der Waals surface area contributed by atoms with Crippen LogP contribution in [0.25, 0.3) is 0 Å². The fourth-order valence-corrected chi connectivity index (χ4v) is 7.06. The molecule has 1 aliphatic rings. The Morgan fingerprint density at radius 3 is 2.38 bits per heavy atom. The van der Waals surface area contributed by atoms with E-state index < -0.39 is 15.8 Å². The second kappa shape index (κ2) is 11.1. The third-order valence-corrected chi connectivity index (χ3v) is 9.76. The van der Waals surface area contributed by atoms with E-state index in [1.54, 1.807) is 11.3 Å². The number of nitrogens with zero attached hydrogens (tertiary/aromatic N) is 2. The first-order chi connectivity index (χ1) is 17.5. The lowest BCUT2D eigenvalue weighted by Crippen LogP contribution is -2.47. The quantitative estimate of drug-likeness (QED) is 0.343. The first-order valence-corrected chi connectivity index (χ1v) is 15.1. The number of unbranched alkanes of at least 4 members (excludes halogenated alkanes) is 1. The number of halogens is 1. The molecule has 4 rings (SSSR count). The zero-order valence-electron chi connectivity index (χ0n) is 21.9. The fourth-order valence-electron chi connectivity index (χ4n) is 4.73. The van der Waals surface area contributed by atoms with Gasteiger partial charge in [-0.25, -0.2) is 12.8 Å². The Morgan fingerprint density at radius 2 is 1.76 bits per heavy atom. The van der Waals surface area contributed by atoms with Crippen molar-refractivity contribution in [1.29, 1.82) is 0 Å². The summed E-state index contributed by atoms with van der Waals surface area (Å²) in [6, 6.07) is 15.0.